The van der Waals surface area contributed by atoms with Crippen molar-refractivity contribution in [3.8, 4) is 0 Å². The van der Waals surface area contributed by atoms with E-state index in [0.29, 0.717) is 16.1 Å². The number of rotatable bonds is 2. The molecule has 3 rings (SSSR count). The third-order valence-electron chi connectivity index (χ3n) is 3.23. The number of hydrogen-bond acceptors (Lipinski definition) is 2. The quantitative estimate of drug-likeness (QED) is 0.520. The molecule has 0 spiro atoms. The van der Waals surface area contributed by atoms with Gasteiger partial charge in [-0.05, 0) is 40.5 Å². The summed E-state index contributed by atoms with van der Waals surface area (Å²) in [5, 5.41) is 3.40. The molecule has 20 heavy (non-hydrogen) atoms. The highest BCUT2D eigenvalue weighted by molar-refractivity contribution is 9.10. The maximum atomic E-state index is 12.7. The molecule has 0 aliphatic heterocycles. The first kappa shape index (κ1) is 13.8. The van der Waals surface area contributed by atoms with E-state index >= 15 is 0 Å². The van der Waals surface area contributed by atoms with E-state index in [1.165, 1.54) is 0 Å². The first-order valence-electron chi connectivity index (χ1n) is 6.05. The first-order chi connectivity index (χ1) is 9.59. The van der Waals surface area contributed by atoms with Gasteiger partial charge in [0.15, 0.2) is 5.78 Å². The van der Waals surface area contributed by atoms with Crippen molar-refractivity contribution in [3.05, 3.63) is 68.0 Å². The van der Waals surface area contributed by atoms with Gasteiger partial charge in [0, 0.05) is 31.1 Å². The van der Waals surface area contributed by atoms with E-state index in [9.17, 15) is 4.79 Å². The predicted molar refractivity (Wildman–Crippen MR) is 89.1 cm³/mol. The number of thiophene rings is 1. The van der Waals surface area contributed by atoms with Gasteiger partial charge >= 0.3 is 0 Å². The molecule has 0 unspecified atom stereocenters. The maximum Gasteiger partial charge on any atom is 0.195 e. The Balaban J connectivity index is 2.18. The third kappa shape index (κ3) is 2.20. The molecule has 1 nitrogen and oxygen atoms in total. The fourth-order valence-electron chi connectivity index (χ4n) is 2.17. The van der Waals surface area contributed by atoms with Crippen LogP contribution in [-0.4, -0.2) is 5.78 Å². The van der Waals surface area contributed by atoms with Gasteiger partial charge in [-0.2, -0.15) is 0 Å². The van der Waals surface area contributed by atoms with Gasteiger partial charge in [0.25, 0.3) is 0 Å². The minimum atomic E-state index is -0.0250. The lowest BCUT2D eigenvalue weighted by atomic mass is 10.0. The summed E-state index contributed by atoms with van der Waals surface area (Å²) in [6.45, 7) is 1.90. The number of carbonyl (C=O) groups excluding carboxylic acids is 1. The SMILES string of the molecule is Cc1cccc(C(=O)c2csc3c(Br)cccc23)c1Cl. The Bertz CT molecular complexity index is 822. The van der Waals surface area contributed by atoms with Crippen LogP contribution in [0.25, 0.3) is 10.1 Å². The van der Waals surface area contributed by atoms with Gasteiger partial charge in [0.1, 0.15) is 0 Å². The highest BCUT2D eigenvalue weighted by atomic mass is 79.9. The molecule has 0 atom stereocenters. The van der Waals surface area contributed by atoms with Crippen molar-refractivity contribution in [2.24, 2.45) is 0 Å². The summed E-state index contributed by atoms with van der Waals surface area (Å²) in [6.07, 6.45) is 0. The number of carbonyl (C=O) groups is 1. The second kappa shape index (κ2) is 5.32. The van der Waals surface area contributed by atoms with Crippen molar-refractivity contribution in [2.75, 3.05) is 0 Å². The Labute approximate surface area is 134 Å². The van der Waals surface area contributed by atoms with Crippen molar-refractivity contribution < 1.29 is 4.79 Å². The Kier molecular flexibility index (Phi) is 3.67. The average molecular weight is 366 g/mol. The summed E-state index contributed by atoms with van der Waals surface area (Å²) in [6, 6.07) is 11.4. The molecule has 1 aromatic heterocycles. The van der Waals surface area contributed by atoms with Gasteiger partial charge in [0.05, 0.1) is 5.02 Å². The van der Waals surface area contributed by atoms with E-state index in [0.717, 1.165) is 20.1 Å². The molecule has 2 aromatic carbocycles. The Morgan fingerprint density at radius 1 is 1.15 bits per heavy atom. The fourth-order valence-corrected chi connectivity index (χ4v) is 3.98. The smallest absolute Gasteiger partial charge is 0.195 e. The highest BCUT2D eigenvalue weighted by Crippen LogP contribution is 2.34. The molecular weight excluding hydrogens is 356 g/mol. The van der Waals surface area contributed by atoms with Crippen LogP contribution in [0.5, 0.6) is 0 Å². The standard InChI is InChI=1S/C16H10BrClOS/c1-9-4-2-6-11(14(9)18)15(19)12-8-20-16-10(12)5-3-7-13(16)17/h2-8H,1H3. The zero-order chi connectivity index (χ0) is 14.3. The molecule has 0 saturated heterocycles. The van der Waals surface area contributed by atoms with Gasteiger partial charge in [-0.3, -0.25) is 4.79 Å². The van der Waals surface area contributed by atoms with Crippen LogP contribution in [0.4, 0.5) is 0 Å². The van der Waals surface area contributed by atoms with Crippen LogP contribution in [0.3, 0.4) is 0 Å². The normalized spacial score (nSPS) is 10.9. The lowest BCUT2D eigenvalue weighted by molar-refractivity contribution is 0.104. The van der Waals surface area contributed by atoms with E-state index in [1.807, 2.05) is 42.6 Å². The average Bonchev–Trinajstić information content (AvgIpc) is 2.86. The van der Waals surface area contributed by atoms with Gasteiger partial charge < -0.3 is 0 Å². The molecule has 1 heterocycles. The van der Waals surface area contributed by atoms with Crippen molar-refractivity contribution in [1.29, 1.82) is 0 Å². The van der Waals surface area contributed by atoms with Crippen molar-refractivity contribution >= 4 is 54.7 Å². The summed E-state index contributed by atoms with van der Waals surface area (Å²) in [7, 11) is 0. The van der Waals surface area contributed by atoms with Crippen LogP contribution in [0.15, 0.2) is 46.3 Å². The van der Waals surface area contributed by atoms with Crippen LogP contribution >= 0.6 is 38.9 Å². The Morgan fingerprint density at radius 2 is 1.90 bits per heavy atom. The molecule has 3 aromatic rings. The summed E-state index contributed by atoms with van der Waals surface area (Å²) in [4.78, 5) is 12.7. The van der Waals surface area contributed by atoms with Crippen LogP contribution in [0.1, 0.15) is 21.5 Å². The molecule has 0 bridgehead atoms. The monoisotopic (exact) mass is 364 g/mol. The molecule has 0 aliphatic rings. The van der Waals surface area contributed by atoms with Gasteiger partial charge in [-0.25, -0.2) is 0 Å². The zero-order valence-electron chi connectivity index (χ0n) is 10.6. The van der Waals surface area contributed by atoms with E-state index in [4.69, 9.17) is 11.6 Å². The van der Waals surface area contributed by atoms with Crippen LogP contribution in [0, 0.1) is 6.92 Å². The molecule has 0 N–H and O–H groups in total. The summed E-state index contributed by atoms with van der Waals surface area (Å²) < 4.78 is 2.09. The molecule has 0 amide bonds. The third-order valence-corrected chi connectivity index (χ3v) is 5.69. The van der Waals surface area contributed by atoms with Gasteiger partial charge in [0.2, 0.25) is 0 Å². The summed E-state index contributed by atoms with van der Waals surface area (Å²) in [5.41, 5.74) is 2.18. The Morgan fingerprint density at radius 3 is 2.70 bits per heavy atom. The predicted octanol–water partition coefficient (Wildman–Crippen LogP) is 5.86. The lowest BCUT2D eigenvalue weighted by Gasteiger charge is -2.05. The van der Waals surface area contributed by atoms with E-state index < -0.39 is 0 Å². The van der Waals surface area contributed by atoms with Gasteiger partial charge in [-0.1, -0.05) is 35.9 Å². The fraction of sp³-hybridized carbons (Fsp3) is 0.0625. The Hall–Kier alpha value is -1.16. The van der Waals surface area contributed by atoms with Crippen molar-refractivity contribution in [3.63, 3.8) is 0 Å². The number of hydrogen-bond donors (Lipinski definition) is 0. The topological polar surface area (TPSA) is 17.1 Å². The largest absolute Gasteiger partial charge is 0.289 e. The maximum absolute atomic E-state index is 12.7. The number of halogens is 2. The van der Waals surface area contributed by atoms with Crippen LogP contribution < -0.4 is 0 Å². The summed E-state index contributed by atoms with van der Waals surface area (Å²) in [5.74, 6) is -0.0250. The molecule has 0 radical (unpaired) electrons. The summed E-state index contributed by atoms with van der Waals surface area (Å²) >= 11 is 11.3. The minimum absolute atomic E-state index is 0.0250. The zero-order valence-corrected chi connectivity index (χ0v) is 13.8. The van der Waals surface area contributed by atoms with Gasteiger partial charge in [-0.15, -0.1) is 11.3 Å². The van der Waals surface area contributed by atoms with Crippen molar-refractivity contribution in [2.45, 2.75) is 6.92 Å². The number of benzene rings is 2. The van der Waals surface area contributed by atoms with Crippen molar-refractivity contribution in [1.82, 2.24) is 0 Å². The molecule has 0 aliphatic carbocycles. The molecule has 0 saturated carbocycles. The van der Waals surface area contributed by atoms with E-state index in [1.54, 1.807) is 17.4 Å². The first-order valence-corrected chi connectivity index (χ1v) is 8.10. The lowest BCUT2D eigenvalue weighted by Crippen LogP contribution is -2.02. The number of ketones is 1. The van der Waals surface area contributed by atoms with E-state index in [2.05, 4.69) is 15.9 Å². The second-order valence-corrected chi connectivity index (χ2v) is 6.64. The molecule has 4 heteroatoms. The number of aryl methyl sites for hydroxylation is 1. The van der Waals surface area contributed by atoms with Crippen LogP contribution in [0.2, 0.25) is 5.02 Å². The second-order valence-electron chi connectivity index (χ2n) is 4.53. The van der Waals surface area contributed by atoms with Crippen LogP contribution in [-0.2, 0) is 0 Å². The highest BCUT2D eigenvalue weighted by Gasteiger charge is 2.18. The molecule has 100 valence electrons. The molecular formula is C16H10BrClOS. The van der Waals surface area contributed by atoms with E-state index in [-0.39, 0.29) is 5.78 Å². The molecule has 0 fully saturated rings. The minimum Gasteiger partial charge on any atom is -0.289 e. The number of fused-ring (bicyclic) bond motifs is 1.